The Morgan fingerprint density at radius 3 is 2.47 bits per heavy atom. The number of amides is 1. The van der Waals surface area contributed by atoms with E-state index in [1.165, 1.54) is 28.4 Å². The predicted molar refractivity (Wildman–Crippen MR) is 124 cm³/mol. The number of nitrogens with zero attached hydrogens (tertiary/aromatic N) is 4. The number of anilines is 1. The lowest BCUT2D eigenvalue weighted by Gasteiger charge is -2.24. The second-order valence-corrected chi connectivity index (χ2v) is 7.76. The number of aromatic nitrogens is 1. The van der Waals surface area contributed by atoms with E-state index < -0.39 is 10.8 Å². The minimum Gasteiger partial charge on any atom is -0.302 e. The average molecular weight is 469 g/mol. The maximum absolute atomic E-state index is 13.4. The van der Waals surface area contributed by atoms with Crippen molar-refractivity contribution in [2.45, 2.75) is 13.8 Å². The third kappa shape index (κ3) is 5.07. The smallest absolute Gasteiger partial charge is 0.282 e. The zero-order valence-corrected chi connectivity index (χ0v) is 19.0. The van der Waals surface area contributed by atoms with E-state index in [4.69, 9.17) is 11.6 Å². The van der Waals surface area contributed by atoms with Gasteiger partial charge in [0.2, 0.25) is 0 Å². The minimum atomic E-state index is -0.537. The number of nitro benzene ring substituents is 1. The molecule has 30 heavy (non-hydrogen) atoms. The van der Waals surface area contributed by atoms with E-state index in [2.05, 4.69) is 23.7 Å². The van der Waals surface area contributed by atoms with Crippen LogP contribution in [0.1, 0.15) is 24.2 Å². The molecule has 0 aliphatic rings. The number of nitro groups is 1. The topological polar surface area (TPSA) is 79.6 Å². The highest BCUT2D eigenvalue weighted by Gasteiger charge is 2.27. The Morgan fingerprint density at radius 2 is 1.83 bits per heavy atom. The highest BCUT2D eigenvalue weighted by molar-refractivity contribution is 7.22. The molecule has 1 aromatic heterocycles. The van der Waals surface area contributed by atoms with E-state index in [1.807, 2.05) is 12.1 Å². The molecule has 0 radical (unpaired) electrons. The molecule has 0 saturated carbocycles. The van der Waals surface area contributed by atoms with Crippen molar-refractivity contribution in [3.05, 3.63) is 63.2 Å². The van der Waals surface area contributed by atoms with Crippen LogP contribution in [0.3, 0.4) is 0 Å². The molecule has 1 amide bonds. The molecule has 0 saturated heterocycles. The van der Waals surface area contributed by atoms with Crippen LogP contribution in [0.5, 0.6) is 0 Å². The fraction of sp³-hybridized carbons (Fsp3) is 0.300. The molecule has 0 bridgehead atoms. The molecule has 0 spiro atoms. The molecule has 2 aromatic carbocycles. The Morgan fingerprint density at radius 1 is 1.13 bits per heavy atom. The Hall–Kier alpha value is -2.26. The SMILES string of the molecule is CCN(CC)CCN(C(=O)c1ccccc1[N+](=O)[O-])c1nc2c(Cl)cccc2s1.Cl. The van der Waals surface area contributed by atoms with Crippen LogP contribution in [0.25, 0.3) is 10.2 Å². The summed E-state index contributed by atoms with van der Waals surface area (Å²) in [5.41, 5.74) is 0.448. The highest BCUT2D eigenvalue weighted by atomic mass is 35.5. The maximum Gasteiger partial charge on any atom is 0.282 e. The molecular formula is C20H22Cl2N4O3S. The number of benzene rings is 2. The van der Waals surface area contributed by atoms with Gasteiger partial charge in [-0.3, -0.25) is 19.8 Å². The molecule has 0 N–H and O–H groups in total. The van der Waals surface area contributed by atoms with Crippen molar-refractivity contribution in [2.75, 3.05) is 31.1 Å². The summed E-state index contributed by atoms with van der Waals surface area (Å²) < 4.78 is 0.857. The fourth-order valence-electron chi connectivity index (χ4n) is 3.04. The number of carbonyl (C=O) groups excluding carboxylic acids is 1. The van der Waals surface area contributed by atoms with Crippen molar-refractivity contribution in [3.63, 3.8) is 0 Å². The largest absolute Gasteiger partial charge is 0.302 e. The number of carbonyl (C=O) groups is 1. The number of thiazole rings is 1. The number of para-hydroxylation sites is 2. The van der Waals surface area contributed by atoms with Crippen LogP contribution in [-0.4, -0.2) is 46.9 Å². The van der Waals surface area contributed by atoms with Gasteiger partial charge in [0, 0.05) is 19.2 Å². The fourth-order valence-corrected chi connectivity index (χ4v) is 4.33. The van der Waals surface area contributed by atoms with E-state index in [1.54, 1.807) is 18.2 Å². The molecule has 0 aliphatic carbocycles. The first kappa shape index (κ1) is 24.0. The lowest BCUT2D eigenvalue weighted by molar-refractivity contribution is -0.385. The third-order valence-electron chi connectivity index (χ3n) is 4.70. The van der Waals surface area contributed by atoms with Crippen LogP contribution >= 0.6 is 35.3 Å². The number of likely N-dealkylation sites (N-methyl/N-ethyl adjacent to an activating group) is 1. The summed E-state index contributed by atoms with van der Waals surface area (Å²) in [5.74, 6) is -0.445. The van der Waals surface area contributed by atoms with Crippen LogP contribution in [0.15, 0.2) is 42.5 Å². The van der Waals surface area contributed by atoms with Gasteiger partial charge in [-0.2, -0.15) is 0 Å². The van der Waals surface area contributed by atoms with Gasteiger partial charge in [-0.05, 0) is 31.3 Å². The molecule has 0 unspecified atom stereocenters. The van der Waals surface area contributed by atoms with Crippen molar-refractivity contribution in [1.29, 1.82) is 0 Å². The molecular weight excluding hydrogens is 447 g/mol. The Kier molecular flexibility index (Phi) is 8.54. The van der Waals surface area contributed by atoms with Gasteiger partial charge >= 0.3 is 0 Å². The zero-order chi connectivity index (χ0) is 21.0. The molecule has 0 fully saturated rings. The lowest BCUT2D eigenvalue weighted by Crippen LogP contribution is -2.39. The van der Waals surface area contributed by atoms with Crippen molar-refractivity contribution >= 4 is 62.3 Å². The second-order valence-electron chi connectivity index (χ2n) is 6.34. The summed E-state index contributed by atoms with van der Waals surface area (Å²) in [6.45, 7) is 6.78. The number of hydrogen-bond acceptors (Lipinski definition) is 6. The van der Waals surface area contributed by atoms with Crippen molar-refractivity contribution < 1.29 is 9.72 Å². The Bertz CT molecular complexity index is 1040. The summed E-state index contributed by atoms with van der Waals surface area (Å²) in [7, 11) is 0. The maximum atomic E-state index is 13.4. The van der Waals surface area contributed by atoms with E-state index in [0.717, 1.165) is 17.8 Å². The van der Waals surface area contributed by atoms with Gasteiger partial charge in [0.1, 0.15) is 11.1 Å². The first-order chi connectivity index (χ1) is 14.0. The molecule has 10 heteroatoms. The summed E-state index contributed by atoms with van der Waals surface area (Å²) in [6, 6.07) is 11.5. The number of rotatable bonds is 8. The zero-order valence-electron chi connectivity index (χ0n) is 16.6. The van der Waals surface area contributed by atoms with Crippen molar-refractivity contribution in [3.8, 4) is 0 Å². The number of halogens is 2. The molecule has 0 atom stereocenters. The quantitative estimate of drug-likeness (QED) is 0.332. The summed E-state index contributed by atoms with van der Waals surface area (Å²) in [6.07, 6.45) is 0. The third-order valence-corrected chi connectivity index (χ3v) is 6.05. The van der Waals surface area contributed by atoms with E-state index >= 15 is 0 Å². The summed E-state index contributed by atoms with van der Waals surface area (Å²) in [5, 5.41) is 12.4. The standard InChI is InChI=1S/C20H21ClN4O3S.ClH/c1-3-23(4-2)12-13-24(19(26)14-8-5-6-10-16(14)25(27)28)20-22-18-15(21)9-7-11-17(18)29-20;/h5-11H,3-4,12-13H2,1-2H3;1H. The van der Waals surface area contributed by atoms with Gasteiger partial charge in [-0.15, -0.1) is 12.4 Å². The van der Waals surface area contributed by atoms with Gasteiger partial charge in [-0.1, -0.05) is 55.0 Å². The van der Waals surface area contributed by atoms with Crippen molar-refractivity contribution in [2.24, 2.45) is 0 Å². The van der Waals surface area contributed by atoms with Crippen molar-refractivity contribution in [1.82, 2.24) is 9.88 Å². The van der Waals surface area contributed by atoms with Crippen LogP contribution in [0, 0.1) is 10.1 Å². The van der Waals surface area contributed by atoms with E-state index in [9.17, 15) is 14.9 Å². The molecule has 160 valence electrons. The van der Waals surface area contributed by atoms with E-state index in [0.29, 0.717) is 28.8 Å². The molecule has 3 rings (SSSR count). The summed E-state index contributed by atoms with van der Waals surface area (Å²) in [4.78, 5) is 32.5. The second kappa shape index (κ2) is 10.7. The van der Waals surface area contributed by atoms with Crippen LogP contribution in [0.2, 0.25) is 5.02 Å². The Balaban J connectivity index is 0.00000320. The van der Waals surface area contributed by atoms with Gasteiger partial charge < -0.3 is 4.90 Å². The molecule has 3 aromatic rings. The lowest BCUT2D eigenvalue weighted by atomic mass is 10.1. The Labute approximate surface area is 189 Å². The first-order valence-corrected chi connectivity index (χ1v) is 10.5. The van der Waals surface area contributed by atoms with Crippen LogP contribution in [-0.2, 0) is 0 Å². The van der Waals surface area contributed by atoms with Gasteiger partial charge in [0.05, 0.1) is 14.6 Å². The normalized spacial score (nSPS) is 10.8. The van der Waals surface area contributed by atoms with Crippen LogP contribution < -0.4 is 4.90 Å². The molecule has 7 nitrogen and oxygen atoms in total. The van der Waals surface area contributed by atoms with E-state index in [-0.39, 0.29) is 23.7 Å². The first-order valence-electron chi connectivity index (χ1n) is 9.29. The number of hydrogen-bond donors (Lipinski definition) is 0. The highest BCUT2D eigenvalue weighted by Crippen LogP contribution is 2.34. The van der Waals surface area contributed by atoms with Gasteiger partial charge in [0.15, 0.2) is 5.13 Å². The van der Waals surface area contributed by atoms with Gasteiger partial charge in [-0.25, -0.2) is 4.98 Å². The monoisotopic (exact) mass is 468 g/mol. The van der Waals surface area contributed by atoms with Crippen LogP contribution in [0.4, 0.5) is 10.8 Å². The summed E-state index contributed by atoms with van der Waals surface area (Å²) >= 11 is 7.60. The molecule has 1 heterocycles. The molecule has 0 aliphatic heterocycles. The minimum absolute atomic E-state index is 0. The van der Waals surface area contributed by atoms with Gasteiger partial charge in [0.25, 0.3) is 11.6 Å². The number of fused-ring (bicyclic) bond motifs is 1. The predicted octanol–water partition coefficient (Wildman–Crippen LogP) is 5.27. The average Bonchev–Trinajstić information content (AvgIpc) is 3.16.